The van der Waals surface area contributed by atoms with E-state index in [9.17, 15) is 8.42 Å². The third-order valence-corrected chi connectivity index (χ3v) is 7.56. The largest absolute Gasteiger partial charge is 0.364 e. The van der Waals surface area contributed by atoms with Gasteiger partial charge in [-0.3, -0.25) is 4.72 Å². The second-order valence-electron chi connectivity index (χ2n) is 7.99. The number of sulfonamides is 1. The van der Waals surface area contributed by atoms with E-state index in [0.717, 1.165) is 12.8 Å². The molecule has 0 spiro atoms. The SMILES string of the molecule is CC1CCCC(Nc2nc3ccccc3nc2NS(=O)(=O)c2ccc(Cl)cc2)C1C. The standard InChI is InChI=1S/C22H25ClN4O2S/c1-14-6-5-9-18(15(14)2)24-21-22(26-20-8-4-3-7-19(20)25-21)27-30(28,29)17-12-10-16(23)11-13-17/h3-4,7-8,10-15,18H,5-6,9H2,1-2H3,(H,24,25)(H,26,27). The lowest BCUT2D eigenvalue weighted by atomic mass is 9.78. The fraction of sp³-hybridized carbons (Fsp3) is 0.364. The van der Waals surface area contributed by atoms with Crippen molar-refractivity contribution >= 4 is 44.3 Å². The second-order valence-corrected chi connectivity index (χ2v) is 10.1. The minimum Gasteiger partial charge on any atom is -0.364 e. The number of fused-ring (bicyclic) bond motifs is 1. The number of rotatable bonds is 5. The van der Waals surface area contributed by atoms with Crippen LogP contribution in [0.25, 0.3) is 11.0 Å². The van der Waals surface area contributed by atoms with Crippen LogP contribution >= 0.6 is 11.6 Å². The zero-order valence-electron chi connectivity index (χ0n) is 17.0. The summed E-state index contributed by atoms with van der Waals surface area (Å²) in [5.41, 5.74) is 1.34. The molecule has 0 bridgehead atoms. The zero-order valence-corrected chi connectivity index (χ0v) is 18.5. The van der Waals surface area contributed by atoms with Crippen LogP contribution in [-0.4, -0.2) is 24.4 Å². The highest BCUT2D eigenvalue weighted by molar-refractivity contribution is 7.92. The Kier molecular flexibility index (Phi) is 5.84. The van der Waals surface area contributed by atoms with Gasteiger partial charge in [0.05, 0.1) is 15.9 Å². The molecule has 1 fully saturated rings. The molecule has 1 aliphatic rings. The smallest absolute Gasteiger partial charge is 0.263 e. The third kappa shape index (κ3) is 4.37. The molecule has 0 amide bonds. The maximum atomic E-state index is 13.0. The van der Waals surface area contributed by atoms with Crippen molar-refractivity contribution in [1.82, 2.24) is 9.97 Å². The van der Waals surface area contributed by atoms with Crippen LogP contribution in [0.4, 0.5) is 11.6 Å². The summed E-state index contributed by atoms with van der Waals surface area (Å²) < 4.78 is 28.5. The highest BCUT2D eigenvalue weighted by Crippen LogP contribution is 2.33. The predicted octanol–water partition coefficient (Wildman–Crippen LogP) is 5.32. The summed E-state index contributed by atoms with van der Waals surface area (Å²) in [6, 6.07) is 13.7. The van der Waals surface area contributed by atoms with Gasteiger partial charge in [0.15, 0.2) is 11.6 Å². The molecule has 0 saturated heterocycles. The number of hydrogen-bond acceptors (Lipinski definition) is 5. The summed E-state index contributed by atoms with van der Waals surface area (Å²) in [4.78, 5) is 9.39. The van der Waals surface area contributed by atoms with E-state index < -0.39 is 10.0 Å². The van der Waals surface area contributed by atoms with Crippen molar-refractivity contribution in [2.45, 2.75) is 44.0 Å². The van der Waals surface area contributed by atoms with E-state index in [0.29, 0.717) is 33.7 Å². The van der Waals surface area contributed by atoms with Crippen LogP contribution in [0.2, 0.25) is 5.02 Å². The topological polar surface area (TPSA) is 84.0 Å². The van der Waals surface area contributed by atoms with Crippen molar-refractivity contribution in [3.05, 3.63) is 53.6 Å². The molecule has 1 saturated carbocycles. The number of nitrogens with zero attached hydrogens (tertiary/aromatic N) is 2. The molecule has 0 aliphatic heterocycles. The number of benzene rings is 2. The fourth-order valence-corrected chi connectivity index (χ4v) is 5.07. The molecule has 2 aromatic carbocycles. The van der Waals surface area contributed by atoms with Crippen molar-refractivity contribution in [3.8, 4) is 0 Å². The zero-order chi connectivity index (χ0) is 21.3. The van der Waals surface area contributed by atoms with Gasteiger partial charge in [-0.05, 0) is 54.7 Å². The van der Waals surface area contributed by atoms with E-state index in [4.69, 9.17) is 16.6 Å². The van der Waals surface area contributed by atoms with Gasteiger partial charge in [-0.1, -0.05) is 50.4 Å². The Hall–Kier alpha value is -2.38. The minimum absolute atomic E-state index is 0.118. The van der Waals surface area contributed by atoms with E-state index in [1.54, 1.807) is 12.1 Å². The summed E-state index contributed by atoms with van der Waals surface area (Å²) in [7, 11) is -3.84. The maximum absolute atomic E-state index is 13.0. The number of halogens is 1. The van der Waals surface area contributed by atoms with Crippen LogP contribution in [0, 0.1) is 11.8 Å². The predicted molar refractivity (Wildman–Crippen MR) is 121 cm³/mol. The summed E-state index contributed by atoms with van der Waals surface area (Å²) in [5, 5.41) is 3.96. The number of hydrogen-bond donors (Lipinski definition) is 2. The van der Waals surface area contributed by atoms with Crippen LogP contribution in [0.1, 0.15) is 33.1 Å². The van der Waals surface area contributed by atoms with Gasteiger partial charge in [0.2, 0.25) is 0 Å². The van der Waals surface area contributed by atoms with E-state index >= 15 is 0 Å². The van der Waals surface area contributed by atoms with Gasteiger partial charge in [-0.2, -0.15) is 0 Å². The van der Waals surface area contributed by atoms with Gasteiger partial charge in [0.25, 0.3) is 10.0 Å². The number of anilines is 2. The average Bonchev–Trinajstić information content (AvgIpc) is 2.72. The summed E-state index contributed by atoms with van der Waals surface area (Å²) in [6.07, 6.45) is 3.36. The van der Waals surface area contributed by atoms with E-state index in [1.165, 1.54) is 18.6 Å². The highest BCUT2D eigenvalue weighted by atomic mass is 35.5. The van der Waals surface area contributed by atoms with Crippen molar-refractivity contribution in [2.75, 3.05) is 10.0 Å². The molecule has 3 unspecified atom stereocenters. The van der Waals surface area contributed by atoms with Gasteiger partial charge in [0, 0.05) is 11.1 Å². The molecule has 1 aliphatic carbocycles. The molecule has 1 heterocycles. The van der Waals surface area contributed by atoms with Gasteiger partial charge in [-0.15, -0.1) is 0 Å². The molecule has 3 atom stereocenters. The first-order valence-electron chi connectivity index (χ1n) is 10.2. The Bertz CT molecular complexity index is 1150. The van der Waals surface area contributed by atoms with Crippen LogP contribution < -0.4 is 10.0 Å². The Balaban J connectivity index is 1.72. The van der Waals surface area contributed by atoms with Crippen molar-refractivity contribution in [3.63, 3.8) is 0 Å². The van der Waals surface area contributed by atoms with Gasteiger partial charge >= 0.3 is 0 Å². The molecule has 0 radical (unpaired) electrons. The summed E-state index contributed by atoms with van der Waals surface area (Å²) >= 11 is 5.90. The summed E-state index contributed by atoms with van der Waals surface area (Å²) in [5.74, 6) is 1.71. The molecule has 30 heavy (non-hydrogen) atoms. The fourth-order valence-electron chi connectivity index (χ4n) is 3.93. The first-order chi connectivity index (χ1) is 14.3. The average molecular weight is 445 g/mol. The monoisotopic (exact) mass is 444 g/mol. The van der Waals surface area contributed by atoms with Crippen molar-refractivity contribution in [2.24, 2.45) is 11.8 Å². The first kappa shape index (κ1) is 20.9. The Labute approximate surface area is 182 Å². The second kappa shape index (κ2) is 8.40. The van der Waals surface area contributed by atoms with Crippen LogP contribution in [0.3, 0.4) is 0 Å². The van der Waals surface area contributed by atoms with Crippen LogP contribution in [0.5, 0.6) is 0 Å². The first-order valence-corrected chi connectivity index (χ1v) is 12.0. The van der Waals surface area contributed by atoms with E-state index in [-0.39, 0.29) is 16.8 Å². The summed E-state index contributed by atoms with van der Waals surface area (Å²) in [6.45, 7) is 4.49. The molecular weight excluding hydrogens is 420 g/mol. The van der Waals surface area contributed by atoms with Crippen molar-refractivity contribution < 1.29 is 8.42 Å². The van der Waals surface area contributed by atoms with Crippen LogP contribution in [0.15, 0.2) is 53.4 Å². The quantitative estimate of drug-likeness (QED) is 0.556. The molecule has 3 aromatic rings. The molecule has 158 valence electrons. The molecule has 8 heteroatoms. The van der Waals surface area contributed by atoms with Gasteiger partial charge in [0.1, 0.15) is 0 Å². The number of nitrogens with one attached hydrogen (secondary N) is 2. The lowest BCUT2D eigenvalue weighted by Crippen LogP contribution is -2.35. The Morgan fingerprint density at radius 3 is 2.23 bits per heavy atom. The van der Waals surface area contributed by atoms with Crippen LogP contribution in [-0.2, 0) is 10.0 Å². The van der Waals surface area contributed by atoms with E-state index in [1.807, 2.05) is 24.3 Å². The third-order valence-electron chi connectivity index (χ3n) is 5.95. The van der Waals surface area contributed by atoms with Gasteiger partial charge < -0.3 is 5.32 Å². The minimum atomic E-state index is -3.84. The maximum Gasteiger partial charge on any atom is 0.263 e. The molecular formula is C22H25ClN4O2S. The number of para-hydroxylation sites is 2. The lowest BCUT2D eigenvalue weighted by molar-refractivity contribution is 0.253. The highest BCUT2D eigenvalue weighted by Gasteiger charge is 2.29. The molecule has 1 aromatic heterocycles. The number of aromatic nitrogens is 2. The molecule has 2 N–H and O–H groups in total. The Morgan fingerprint density at radius 1 is 0.933 bits per heavy atom. The molecule has 6 nitrogen and oxygen atoms in total. The van der Waals surface area contributed by atoms with Gasteiger partial charge in [-0.25, -0.2) is 18.4 Å². The lowest BCUT2D eigenvalue weighted by Gasteiger charge is -2.35. The van der Waals surface area contributed by atoms with E-state index in [2.05, 4.69) is 28.9 Å². The van der Waals surface area contributed by atoms with Crippen molar-refractivity contribution in [1.29, 1.82) is 0 Å². The Morgan fingerprint density at radius 2 is 1.57 bits per heavy atom. The molecule has 4 rings (SSSR count). The normalized spacial score (nSPS) is 22.0.